The molecule has 0 radical (unpaired) electrons. The molecule has 3 aliphatic rings. The second-order valence-corrected chi connectivity index (χ2v) is 11.2. The first-order valence-corrected chi connectivity index (χ1v) is 13.4. The van der Waals surface area contributed by atoms with Crippen LogP contribution in [0.1, 0.15) is 56.1 Å². The molecule has 6 heteroatoms. The van der Waals surface area contributed by atoms with Crippen LogP contribution in [-0.2, 0) is 16.8 Å². The van der Waals surface area contributed by atoms with E-state index >= 15 is 0 Å². The van der Waals surface area contributed by atoms with Gasteiger partial charge in [-0.3, -0.25) is 14.8 Å². The third kappa shape index (κ3) is 4.47. The molecule has 1 spiro atoms. The van der Waals surface area contributed by atoms with Crippen LogP contribution in [0.25, 0.3) is 11.3 Å². The maximum Gasteiger partial charge on any atom is 0.223 e. The van der Waals surface area contributed by atoms with E-state index in [9.17, 15) is 9.18 Å². The van der Waals surface area contributed by atoms with E-state index in [4.69, 9.17) is 0 Å². The van der Waals surface area contributed by atoms with Gasteiger partial charge in [-0.2, -0.15) is 5.10 Å². The van der Waals surface area contributed by atoms with Crippen LogP contribution in [0.15, 0.2) is 60.8 Å². The number of hydrogen-bond acceptors (Lipinski definition) is 3. The van der Waals surface area contributed by atoms with Gasteiger partial charge in [-0.05, 0) is 80.4 Å². The Labute approximate surface area is 212 Å². The second-order valence-electron chi connectivity index (χ2n) is 11.2. The minimum atomic E-state index is -0.234. The summed E-state index contributed by atoms with van der Waals surface area (Å²) in [5.41, 5.74) is 4.71. The summed E-state index contributed by atoms with van der Waals surface area (Å²) >= 11 is 0. The average Bonchev–Trinajstić information content (AvgIpc) is 3.23. The predicted molar refractivity (Wildman–Crippen MR) is 139 cm³/mol. The highest BCUT2D eigenvalue weighted by Crippen LogP contribution is 2.59. The Morgan fingerprint density at radius 1 is 1.03 bits per heavy atom. The Morgan fingerprint density at radius 3 is 2.47 bits per heavy atom. The summed E-state index contributed by atoms with van der Waals surface area (Å²) in [5, 5.41) is 10.7. The van der Waals surface area contributed by atoms with E-state index in [1.54, 1.807) is 12.1 Å². The van der Waals surface area contributed by atoms with Crippen molar-refractivity contribution in [2.45, 2.75) is 56.9 Å². The summed E-state index contributed by atoms with van der Waals surface area (Å²) in [6, 6.07) is 17.3. The Bertz CT molecular complexity index is 1190. The minimum Gasteiger partial charge on any atom is -0.355 e. The number of nitrogens with zero attached hydrogens (tertiary/aromatic N) is 2. The van der Waals surface area contributed by atoms with E-state index < -0.39 is 0 Å². The summed E-state index contributed by atoms with van der Waals surface area (Å²) in [6.45, 7) is 3.56. The number of carbonyl (C=O) groups excluding carboxylic acids is 1. The van der Waals surface area contributed by atoms with Crippen LogP contribution in [0, 0.1) is 17.2 Å². The zero-order valence-corrected chi connectivity index (χ0v) is 20.8. The zero-order chi connectivity index (χ0) is 24.6. The fourth-order valence-electron chi connectivity index (χ4n) is 6.76. The van der Waals surface area contributed by atoms with Gasteiger partial charge in [0.05, 0.1) is 11.9 Å². The smallest absolute Gasteiger partial charge is 0.223 e. The molecule has 1 atom stereocenters. The number of rotatable bonds is 7. The van der Waals surface area contributed by atoms with Gasteiger partial charge in [-0.25, -0.2) is 4.39 Å². The van der Waals surface area contributed by atoms with Gasteiger partial charge in [0, 0.05) is 35.5 Å². The Kier molecular flexibility index (Phi) is 6.16. The number of aromatic amines is 1. The summed E-state index contributed by atoms with van der Waals surface area (Å²) in [7, 11) is 0. The SMILES string of the molecule is O=C(NCC1(c2ccccc2)CCCC1)[C@H]1CC12CCN(Cc1cn[nH]c1-c1ccc(F)cc1)CC2. The maximum atomic E-state index is 13.3. The second kappa shape index (κ2) is 9.47. The molecule has 36 heavy (non-hydrogen) atoms. The summed E-state index contributed by atoms with van der Waals surface area (Å²) in [6.07, 6.45) is 9.85. The molecule has 188 valence electrons. The van der Waals surface area contributed by atoms with Gasteiger partial charge in [-0.15, -0.1) is 0 Å². The Morgan fingerprint density at radius 2 is 1.75 bits per heavy atom. The van der Waals surface area contributed by atoms with Crippen molar-refractivity contribution in [2.75, 3.05) is 19.6 Å². The summed E-state index contributed by atoms with van der Waals surface area (Å²) < 4.78 is 13.3. The van der Waals surface area contributed by atoms with E-state index in [-0.39, 0.29) is 28.5 Å². The van der Waals surface area contributed by atoms with Crippen LogP contribution in [0.4, 0.5) is 4.39 Å². The first-order valence-electron chi connectivity index (χ1n) is 13.4. The van der Waals surface area contributed by atoms with Crippen LogP contribution in [0.2, 0.25) is 0 Å². The predicted octanol–water partition coefficient (Wildman–Crippen LogP) is 5.45. The van der Waals surface area contributed by atoms with Crippen molar-refractivity contribution in [3.63, 3.8) is 0 Å². The molecule has 0 bridgehead atoms. The first kappa shape index (κ1) is 23.4. The number of amides is 1. The number of H-pyrrole nitrogens is 1. The molecular formula is C30H35FN4O. The molecule has 1 saturated heterocycles. The number of hydrogen-bond donors (Lipinski definition) is 2. The monoisotopic (exact) mass is 486 g/mol. The zero-order valence-electron chi connectivity index (χ0n) is 20.8. The van der Waals surface area contributed by atoms with Crippen molar-refractivity contribution in [1.29, 1.82) is 0 Å². The van der Waals surface area contributed by atoms with E-state index in [1.165, 1.54) is 30.5 Å². The standard InChI is InChI=1S/C30H35FN4O/c31-25-10-8-22(9-11-25)27-23(19-33-34-27)20-35-16-14-29(15-17-35)18-26(29)28(36)32-21-30(12-4-5-13-30)24-6-2-1-3-7-24/h1-3,6-11,19,26H,4-5,12-18,20-21H2,(H,32,36)(H,33,34)/t26-/m1/s1. The molecule has 1 aromatic heterocycles. The molecular weight excluding hydrogens is 451 g/mol. The summed E-state index contributed by atoms with van der Waals surface area (Å²) in [5.74, 6) is 0.194. The Balaban J connectivity index is 1.03. The maximum absolute atomic E-state index is 13.3. The van der Waals surface area contributed by atoms with Crippen molar-refractivity contribution in [1.82, 2.24) is 20.4 Å². The molecule has 2 N–H and O–H groups in total. The molecule has 5 nitrogen and oxygen atoms in total. The highest BCUT2D eigenvalue weighted by Gasteiger charge is 2.58. The highest BCUT2D eigenvalue weighted by molar-refractivity contribution is 5.82. The van der Waals surface area contributed by atoms with E-state index in [0.29, 0.717) is 0 Å². The fourth-order valence-corrected chi connectivity index (χ4v) is 6.76. The van der Waals surface area contributed by atoms with E-state index in [2.05, 4.69) is 50.7 Å². The molecule has 6 rings (SSSR count). The normalized spacial score (nSPS) is 22.5. The Hall–Kier alpha value is -2.99. The van der Waals surface area contributed by atoms with Crippen molar-refractivity contribution in [3.8, 4) is 11.3 Å². The number of carbonyl (C=O) groups is 1. The molecule has 2 aromatic carbocycles. The van der Waals surface area contributed by atoms with Crippen LogP contribution >= 0.6 is 0 Å². The van der Waals surface area contributed by atoms with Gasteiger partial charge in [-0.1, -0.05) is 43.2 Å². The lowest BCUT2D eigenvalue weighted by Crippen LogP contribution is -2.41. The third-order valence-electron chi connectivity index (χ3n) is 9.15. The third-order valence-corrected chi connectivity index (χ3v) is 9.15. The first-order chi connectivity index (χ1) is 17.6. The molecule has 0 unspecified atom stereocenters. The number of benzene rings is 2. The molecule has 1 aliphatic heterocycles. The quantitative estimate of drug-likeness (QED) is 0.467. The fraction of sp³-hybridized carbons (Fsp3) is 0.467. The molecule has 3 fully saturated rings. The molecule has 2 saturated carbocycles. The van der Waals surface area contributed by atoms with Gasteiger partial charge in [0.25, 0.3) is 0 Å². The van der Waals surface area contributed by atoms with Crippen molar-refractivity contribution < 1.29 is 9.18 Å². The molecule has 1 amide bonds. The largest absolute Gasteiger partial charge is 0.355 e. The number of nitrogens with one attached hydrogen (secondary N) is 2. The van der Waals surface area contributed by atoms with Crippen LogP contribution in [0.3, 0.4) is 0 Å². The van der Waals surface area contributed by atoms with Crippen LogP contribution in [-0.4, -0.2) is 40.6 Å². The topological polar surface area (TPSA) is 61.0 Å². The van der Waals surface area contributed by atoms with Gasteiger partial charge >= 0.3 is 0 Å². The number of halogens is 1. The van der Waals surface area contributed by atoms with Gasteiger partial charge in [0.15, 0.2) is 0 Å². The molecule has 2 heterocycles. The van der Waals surface area contributed by atoms with Crippen molar-refractivity contribution >= 4 is 5.91 Å². The highest BCUT2D eigenvalue weighted by atomic mass is 19.1. The van der Waals surface area contributed by atoms with E-state index in [1.807, 2.05) is 6.20 Å². The lowest BCUT2D eigenvalue weighted by atomic mass is 9.78. The van der Waals surface area contributed by atoms with Crippen molar-refractivity contribution in [2.24, 2.45) is 11.3 Å². The van der Waals surface area contributed by atoms with Crippen LogP contribution in [0.5, 0.6) is 0 Å². The van der Waals surface area contributed by atoms with E-state index in [0.717, 1.165) is 75.1 Å². The van der Waals surface area contributed by atoms with Crippen LogP contribution < -0.4 is 5.32 Å². The molecule has 3 aromatic rings. The lowest BCUT2D eigenvalue weighted by Gasteiger charge is -2.33. The lowest BCUT2D eigenvalue weighted by molar-refractivity contribution is -0.123. The number of piperidine rings is 1. The number of aromatic nitrogens is 2. The van der Waals surface area contributed by atoms with Crippen molar-refractivity contribution in [3.05, 3.63) is 77.7 Å². The van der Waals surface area contributed by atoms with Gasteiger partial charge in [0.2, 0.25) is 5.91 Å². The van der Waals surface area contributed by atoms with Gasteiger partial charge < -0.3 is 5.32 Å². The summed E-state index contributed by atoms with van der Waals surface area (Å²) in [4.78, 5) is 15.7. The average molecular weight is 487 g/mol. The number of likely N-dealkylation sites (tertiary alicyclic amines) is 1. The molecule has 2 aliphatic carbocycles. The van der Waals surface area contributed by atoms with Gasteiger partial charge in [0.1, 0.15) is 5.82 Å². The minimum absolute atomic E-state index is 0.106.